The highest BCUT2D eigenvalue weighted by molar-refractivity contribution is 5.79. The van der Waals surface area contributed by atoms with Crippen LogP contribution in [0.4, 0.5) is 0 Å². The third-order valence-corrected chi connectivity index (χ3v) is 1.48. The highest BCUT2D eigenvalue weighted by Gasteiger charge is 1.75. The van der Waals surface area contributed by atoms with E-state index in [9.17, 15) is 14.4 Å². The predicted molar refractivity (Wildman–Crippen MR) is 83.3 cm³/mol. The maximum Gasteiger partial charge on any atom is 0.327 e. The third-order valence-electron chi connectivity index (χ3n) is 1.48. The second-order valence-corrected chi connectivity index (χ2v) is 3.33. The number of carboxylic acids is 3. The van der Waals surface area contributed by atoms with E-state index < -0.39 is 17.9 Å². The summed E-state index contributed by atoms with van der Waals surface area (Å²) in [5.41, 5.74) is 0. The molecule has 0 rings (SSSR count). The summed E-state index contributed by atoms with van der Waals surface area (Å²) in [5.74, 6) is -2.94. The molecule has 0 aromatic heterocycles. The fourth-order valence-corrected chi connectivity index (χ4v) is 0.500. The zero-order chi connectivity index (χ0) is 17.7. The van der Waals surface area contributed by atoms with Crippen molar-refractivity contribution < 1.29 is 29.7 Å². The van der Waals surface area contributed by atoms with Crippen molar-refractivity contribution in [1.29, 1.82) is 0 Å². The number of carbonyl (C=O) groups is 3. The van der Waals surface area contributed by atoms with Gasteiger partial charge in [-0.15, -0.1) is 0 Å². The molecule has 0 saturated heterocycles. The van der Waals surface area contributed by atoms with Crippen LogP contribution >= 0.6 is 0 Å². The normalized spacial score (nSPS) is 7.14. The van der Waals surface area contributed by atoms with Crippen molar-refractivity contribution >= 4 is 17.9 Å². The van der Waals surface area contributed by atoms with Gasteiger partial charge in [0.05, 0.1) is 0 Å². The van der Waals surface area contributed by atoms with Crippen LogP contribution in [0, 0.1) is 0 Å². The molecule has 0 heterocycles. The molecular formula is C15H26O6. The smallest absolute Gasteiger partial charge is 0.327 e. The molecule has 6 heteroatoms. The first kappa shape index (κ1) is 27.1. The van der Waals surface area contributed by atoms with Gasteiger partial charge in [0.15, 0.2) is 0 Å². The molecule has 0 aromatic rings. The van der Waals surface area contributed by atoms with E-state index in [0.29, 0.717) is 0 Å². The van der Waals surface area contributed by atoms with Gasteiger partial charge in [0.1, 0.15) is 0 Å². The predicted octanol–water partition coefficient (Wildman–Crippen LogP) is 3.36. The number of carboxylic acid groups (broad SMARTS) is 3. The molecule has 0 spiro atoms. The van der Waals surface area contributed by atoms with Crippen LogP contribution in [0.2, 0.25) is 0 Å². The Morgan fingerprint density at radius 2 is 0.857 bits per heavy atom. The number of aliphatic carboxylic acids is 3. The molecule has 0 aliphatic carbocycles. The van der Waals surface area contributed by atoms with Crippen LogP contribution < -0.4 is 0 Å². The zero-order valence-corrected chi connectivity index (χ0v) is 12.7. The lowest BCUT2D eigenvalue weighted by Gasteiger charge is -1.86. The third kappa shape index (κ3) is 98.0. The van der Waals surface area contributed by atoms with E-state index in [4.69, 9.17) is 15.3 Å². The SMILES string of the molecule is C=CC(=O)O.C=CC(=O)O.C=CC(=O)O.CCCCCC. The second-order valence-electron chi connectivity index (χ2n) is 3.33. The lowest BCUT2D eigenvalue weighted by Crippen LogP contribution is -1.82. The maximum absolute atomic E-state index is 9.25. The lowest BCUT2D eigenvalue weighted by molar-refractivity contribution is -0.132. The maximum atomic E-state index is 9.25. The van der Waals surface area contributed by atoms with Crippen LogP contribution in [0.1, 0.15) is 39.5 Å². The second kappa shape index (κ2) is 26.2. The molecule has 3 N–H and O–H groups in total. The average molecular weight is 302 g/mol. The van der Waals surface area contributed by atoms with Gasteiger partial charge in [-0.25, -0.2) is 14.4 Å². The van der Waals surface area contributed by atoms with Crippen molar-refractivity contribution in [3.63, 3.8) is 0 Å². The van der Waals surface area contributed by atoms with Crippen molar-refractivity contribution in [3.8, 4) is 0 Å². The molecule has 0 atom stereocenters. The molecule has 21 heavy (non-hydrogen) atoms. The molecular weight excluding hydrogens is 276 g/mol. The summed E-state index contributed by atoms with van der Waals surface area (Å²) >= 11 is 0. The molecule has 122 valence electrons. The molecule has 0 aliphatic rings. The Balaban J connectivity index is -0.0000000921. The molecule has 0 bridgehead atoms. The summed E-state index contributed by atoms with van der Waals surface area (Å²) in [7, 11) is 0. The largest absolute Gasteiger partial charge is 0.478 e. The average Bonchev–Trinajstić information content (AvgIpc) is 2.46. The Bertz CT molecular complexity index is 260. The number of rotatable bonds is 6. The van der Waals surface area contributed by atoms with Gasteiger partial charge in [0, 0.05) is 18.2 Å². The molecule has 0 fully saturated rings. The van der Waals surface area contributed by atoms with Crippen LogP contribution in [0.15, 0.2) is 38.0 Å². The molecule has 0 saturated carbocycles. The highest BCUT2D eigenvalue weighted by Crippen LogP contribution is 1.95. The first-order chi connectivity index (χ1) is 9.72. The summed E-state index contributed by atoms with van der Waals surface area (Å²) in [6.07, 6.45) is 8.04. The van der Waals surface area contributed by atoms with E-state index in [1.54, 1.807) is 0 Å². The van der Waals surface area contributed by atoms with E-state index in [2.05, 4.69) is 33.6 Å². The van der Waals surface area contributed by atoms with Crippen LogP contribution in [-0.4, -0.2) is 33.2 Å². The molecule has 0 aliphatic heterocycles. The summed E-state index contributed by atoms with van der Waals surface area (Å²) in [5, 5.41) is 22.8. The fraction of sp³-hybridized carbons (Fsp3) is 0.400. The number of unbranched alkanes of at least 4 members (excludes halogenated alkanes) is 3. The Morgan fingerprint density at radius 3 is 0.905 bits per heavy atom. The van der Waals surface area contributed by atoms with Crippen LogP contribution in [-0.2, 0) is 14.4 Å². The van der Waals surface area contributed by atoms with E-state index in [1.807, 2.05) is 0 Å². The molecule has 6 nitrogen and oxygen atoms in total. The minimum atomic E-state index is -0.981. The standard InChI is InChI=1S/C6H14.3C3H4O2/c1-3-5-6-4-2;3*1-2-3(4)5/h3-6H2,1-2H3;3*2H,1H2,(H,4,5). The molecule has 0 amide bonds. The quantitative estimate of drug-likeness (QED) is 0.512. The van der Waals surface area contributed by atoms with Crippen molar-refractivity contribution in [3.05, 3.63) is 38.0 Å². The van der Waals surface area contributed by atoms with Gasteiger partial charge < -0.3 is 15.3 Å². The van der Waals surface area contributed by atoms with E-state index >= 15 is 0 Å². The van der Waals surface area contributed by atoms with Gasteiger partial charge in [-0.05, 0) is 0 Å². The van der Waals surface area contributed by atoms with Crippen LogP contribution in [0.5, 0.6) is 0 Å². The van der Waals surface area contributed by atoms with Crippen molar-refractivity contribution in [1.82, 2.24) is 0 Å². The van der Waals surface area contributed by atoms with Gasteiger partial charge in [-0.3, -0.25) is 0 Å². The minimum absolute atomic E-state index is 0.833. The molecule has 0 unspecified atom stereocenters. The van der Waals surface area contributed by atoms with Crippen molar-refractivity contribution in [2.75, 3.05) is 0 Å². The van der Waals surface area contributed by atoms with Crippen LogP contribution in [0.25, 0.3) is 0 Å². The van der Waals surface area contributed by atoms with Gasteiger partial charge in [0.2, 0.25) is 0 Å². The van der Waals surface area contributed by atoms with Gasteiger partial charge in [0.25, 0.3) is 0 Å². The van der Waals surface area contributed by atoms with E-state index in [1.165, 1.54) is 25.7 Å². The van der Waals surface area contributed by atoms with Gasteiger partial charge in [-0.2, -0.15) is 0 Å². The summed E-state index contributed by atoms with van der Waals surface area (Å²) in [6.45, 7) is 13.3. The van der Waals surface area contributed by atoms with E-state index in [0.717, 1.165) is 18.2 Å². The first-order valence-electron chi connectivity index (χ1n) is 6.29. The summed E-state index contributed by atoms with van der Waals surface area (Å²) in [4.78, 5) is 27.8. The monoisotopic (exact) mass is 302 g/mol. The van der Waals surface area contributed by atoms with Gasteiger partial charge in [-0.1, -0.05) is 59.3 Å². The van der Waals surface area contributed by atoms with Gasteiger partial charge >= 0.3 is 17.9 Å². The fourth-order valence-electron chi connectivity index (χ4n) is 0.500. The topological polar surface area (TPSA) is 112 Å². The Labute approximate surface area is 126 Å². The summed E-state index contributed by atoms with van der Waals surface area (Å²) in [6, 6.07) is 0. The van der Waals surface area contributed by atoms with Crippen molar-refractivity contribution in [2.24, 2.45) is 0 Å². The number of hydrogen-bond donors (Lipinski definition) is 3. The summed E-state index contributed by atoms with van der Waals surface area (Å²) < 4.78 is 0. The Kier molecular flexibility index (Phi) is 33.8. The van der Waals surface area contributed by atoms with Crippen LogP contribution in [0.3, 0.4) is 0 Å². The number of hydrogen-bond acceptors (Lipinski definition) is 3. The molecule has 0 radical (unpaired) electrons. The zero-order valence-electron chi connectivity index (χ0n) is 12.7. The first-order valence-corrected chi connectivity index (χ1v) is 6.29. The Hall–Kier alpha value is -2.37. The lowest BCUT2D eigenvalue weighted by atomic mass is 10.2. The highest BCUT2D eigenvalue weighted by atomic mass is 16.4. The minimum Gasteiger partial charge on any atom is -0.478 e. The molecule has 0 aromatic carbocycles. The Morgan fingerprint density at radius 1 is 0.714 bits per heavy atom. The van der Waals surface area contributed by atoms with E-state index in [-0.39, 0.29) is 0 Å². The van der Waals surface area contributed by atoms with Crippen molar-refractivity contribution in [2.45, 2.75) is 39.5 Å².